The van der Waals surface area contributed by atoms with Crippen LogP contribution in [-0.4, -0.2) is 46.6 Å². The molecule has 2 fully saturated rings. The molecular weight excluding hydrogens is 316 g/mol. The minimum absolute atomic E-state index is 0.121. The fourth-order valence-electron chi connectivity index (χ4n) is 3.11. The molecule has 128 valence electrons. The van der Waals surface area contributed by atoms with Gasteiger partial charge in [0.2, 0.25) is 10.0 Å². The van der Waals surface area contributed by atoms with Gasteiger partial charge in [-0.15, -0.1) is 0 Å². The van der Waals surface area contributed by atoms with Crippen molar-refractivity contribution in [3.8, 4) is 0 Å². The molecule has 0 radical (unpaired) electrons. The average Bonchev–Trinajstić information content (AvgIpc) is 2.95. The number of hydrogen-bond acceptors (Lipinski definition) is 5. The molecule has 1 aromatic carbocycles. The van der Waals surface area contributed by atoms with E-state index < -0.39 is 10.0 Å². The highest BCUT2D eigenvalue weighted by Crippen LogP contribution is 2.33. The summed E-state index contributed by atoms with van der Waals surface area (Å²) >= 11 is 0. The Morgan fingerprint density at radius 1 is 1.09 bits per heavy atom. The molecule has 2 heterocycles. The number of benzene rings is 1. The SMILES string of the molecule is CC(C)NS(=O)(=O)c1ccc(N2CCC3(CC2)OCCO3)cc1. The first kappa shape index (κ1) is 16.7. The Hall–Kier alpha value is -1.15. The smallest absolute Gasteiger partial charge is 0.240 e. The van der Waals surface area contributed by atoms with E-state index in [9.17, 15) is 8.42 Å². The van der Waals surface area contributed by atoms with E-state index >= 15 is 0 Å². The maximum absolute atomic E-state index is 12.1. The van der Waals surface area contributed by atoms with Crippen LogP contribution in [-0.2, 0) is 19.5 Å². The molecule has 23 heavy (non-hydrogen) atoms. The normalized spacial score (nSPS) is 21.3. The van der Waals surface area contributed by atoms with Gasteiger partial charge in [0, 0.05) is 37.7 Å². The van der Waals surface area contributed by atoms with E-state index in [1.807, 2.05) is 26.0 Å². The maximum Gasteiger partial charge on any atom is 0.240 e. The molecule has 2 aliphatic rings. The third-order valence-electron chi connectivity index (χ3n) is 4.24. The first-order valence-corrected chi connectivity index (χ1v) is 9.54. The highest BCUT2D eigenvalue weighted by atomic mass is 32.2. The highest BCUT2D eigenvalue weighted by Gasteiger charge is 2.39. The number of hydrogen-bond donors (Lipinski definition) is 1. The van der Waals surface area contributed by atoms with Crippen LogP contribution in [0.4, 0.5) is 5.69 Å². The molecule has 0 aliphatic carbocycles. The van der Waals surface area contributed by atoms with Crippen molar-refractivity contribution in [1.82, 2.24) is 4.72 Å². The number of sulfonamides is 1. The molecule has 3 rings (SSSR count). The van der Waals surface area contributed by atoms with Crippen LogP contribution >= 0.6 is 0 Å². The summed E-state index contributed by atoms with van der Waals surface area (Å²) < 4.78 is 38.3. The van der Waals surface area contributed by atoms with Crippen LogP contribution in [0, 0.1) is 0 Å². The molecule has 1 aromatic rings. The second-order valence-corrected chi connectivity index (χ2v) is 8.08. The van der Waals surface area contributed by atoms with Gasteiger partial charge in [-0.1, -0.05) is 0 Å². The molecule has 1 N–H and O–H groups in total. The van der Waals surface area contributed by atoms with Crippen molar-refractivity contribution in [2.45, 2.75) is 43.4 Å². The summed E-state index contributed by atoms with van der Waals surface area (Å²) in [5.41, 5.74) is 1.03. The van der Waals surface area contributed by atoms with Crippen molar-refractivity contribution in [2.24, 2.45) is 0 Å². The van der Waals surface area contributed by atoms with Gasteiger partial charge in [-0.05, 0) is 38.1 Å². The predicted molar refractivity (Wildman–Crippen MR) is 88.0 cm³/mol. The van der Waals surface area contributed by atoms with Crippen molar-refractivity contribution in [3.63, 3.8) is 0 Å². The molecule has 1 spiro atoms. The van der Waals surface area contributed by atoms with E-state index in [0.29, 0.717) is 18.1 Å². The lowest BCUT2D eigenvalue weighted by Gasteiger charge is -2.38. The maximum atomic E-state index is 12.1. The Labute approximate surface area is 137 Å². The van der Waals surface area contributed by atoms with E-state index in [1.54, 1.807) is 12.1 Å². The lowest BCUT2D eigenvalue weighted by atomic mass is 10.0. The van der Waals surface area contributed by atoms with Gasteiger partial charge in [0.1, 0.15) is 0 Å². The van der Waals surface area contributed by atoms with Crippen molar-refractivity contribution in [1.29, 1.82) is 0 Å². The van der Waals surface area contributed by atoms with Crippen LogP contribution in [0.1, 0.15) is 26.7 Å². The van der Waals surface area contributed by atoms with Gasteiger partial charge in [-0.3, -0.25) is 0 Å². The van der Waals surface area contributed by atoms with Crippen LogP contribution < -0.4 is 9.62 Å². The summed E-state index contributed by atoms with van der Waals surface area (Å²) in [6, 6.07) is 6.93. The molecular formula is C16H24N2O4S. The summed E-state index contributed by atoms with van der Waals surface area (Å²) in [6.45, 7) is 6.66. The van der Waals surface area contributed by atoms with Crippen molar-refractivity contribution < 1.29 is 17.9 Å². The Morgan fingerprint density at radius 3 is 2.17 bits per heavy atom. The molecule has 6 nitrogen and oxygen atoms in total. The highest BCUT2D eigenvalue weighted by molar-refractivity contribution is 7.89. The van der Waals surface area contributed by atoms with E-state index in [2.05, 4.69) is 9.62 Å². The summed E-state index contributed by atoms with van der Waals surface area (Å²) in [5.74, 6) is -0.388. The minimum Gasteiger partial charge on any atom is -0.371 e. The molecule has 7 heteroatoms. The monoisotopic (exact) mass is 340 g/mol. The Kier molecular flexibility index (Phi) is 4.64. The Bertz CT molecular complexity index is 627. The zero-order valence-corrected chi connectivity index (χ0v) is 14.4. The summed E-state index contributed by atoms with van der Waals surface area (Å²) in [7, 11) is -3.43. The van der Waals surface area contributed by atoms with E-state index in [0.717, 1.165) is 31.6 Å². The van der Waals surface area contributed by atoms with Crippen LogP contribution in [0.2, 0.25) is 0 Å². The van der Waals surface area contributed by atoms with Gasteiger partial charge < -0.3 is 14.4 Å². The molecule has 0 amide bonds. The first-order chi connectivity index (χ1) is 10.9. The van der Waals surface area contributed by atoms with E-state index in [-0.39, 0.29) is 11.8 Å². The third kappa shape index (κ3) is 3.68. The van der Waals surface area contributed by atoms with Crippen LogP contribution in [0.5, 0.6) is 0 Å². The van der Waals surface area contributed by atoms with E-state index in [1.165, 1.54) is 0 Å². The fourth-order valence-corrected chi connectivity index (χ4v) is 4.36. The number of ether oxygens (including phenoxy) is 2. The Morgan fingerprint density at radius 2 is 1.65 bits per heavy atom. The van der Waals surface area contributed by atoms with Gasteiger partial charge in [0.15, 0.2) is 5.79 Å². The van der Waals surface area contributed by atoms with E-state index in [4.69, 9.17) is 9.47 Å². The zero-order chi connectivity index (χ0) is 16.5. The minimum atomic E-state index is -3.43. The Balaban J connectivity index is 1.66. The molecule has 0 bridgehead atoms. The summed E-state index contributed by atoms with van der Waals surface area (Å²) in [6.07, 6.45) is 1.67. The standard InChI is InChI=1S/C16H24N2O4S/c1-13(2)17-23(19,20)15-5-3-14(4-6-15)18-9-7-16(8-10-18)21-11-12-22-16/h3-6,13,17H,7-12H2,1-2H3. The van der Waals surface area contributed by atoms with Gasteiger partial charge in [0.25, 0.3) is 0 Å². The zero-order valence-electron chi connectivity index (χ0n) is 13.6. The fraction of sp³-hybridized carbons (Fsp3) is 0.625. The number of piperidine rings is 1. The summed E-state index contributed by atoms with van der Waals surface area (Å²) in [5, 5.41) is 0. The van der Waals surface area contributed by atoms with Gasteiger partial charge in [0.05, 0.1) is 18.1 Å². The van der Waals surface area contributed by atoms with Crippen LogP contribution in [0.25, 0.3) is 0 Å². The van der Waals surface area contributed by atoms with Gasteiger partial charge in [-0.2, -0.15) is 0 Å². The lowest BCUT2D eigenvalue weighted by molar-refractivity contribution is -0.169. The predicted octanol–water partition coefficient (Wildman–Crippen LogP) is 1.72. The topological polar surface area (TPSA) is 67.9 Å². The molecule has 2 saturated heterocycles. The quantitative estimate of drug-likeness (QED) is 0.904. The molecule has 2 aliphatic heterocycles. The van der Waals surface area contributed by atoms with Crippen molar-refractivity contribution in [2.75, 3.05) is 31.2 Å². The average molecular weight is 340 g/mol. The lowest BCUT2D eigenvalue weighted by Crippen LogP contribution is -2.45. The third-order valence-corrected chi connectivity index (χ3v) is 5.92. The molecule has 0 atom stereocenters. The van der Waals surface area contributed by atoms with Crippen LogP contribution in [0.3, 0.4) is 0 Å². The summed E-state index contributed by atoms with van der Waals surface area (Å²) in [4.78, 5) is 2.54. The molecule has 0 saturated carbocycles. The van der Waals surface area contributed by atoms with Crippen molar-refractivity contribution in [3.05, 3.63) is 24.3 Å². The largest absolute Gasteiger partial charge is 0.371 e. The first-order valence-electron chi connectivity index (χ1n) is 8.06. The molecule has 0 unspecified atom stereocenters. The second kappa shape index (κ2) is 6.39. The second-order valence-electron chi connectivity index (χ2n) is 6.36. The number of anilines is 1. The number of rotatable bonds is 4. The van der Waals surface area contributed by atoms with Gasteiger partial charge >= 0.3 is 0 Å². The van der Waals surface area contributed by atoms with Crippen LogP contribution in [0.15, 0.2) is 29.2 Å². The number of nitrogens with zero attached hydrogens (tertiary/aromatic N) is 1. The number of nitrogens with one attached hydrogen (secondary N) is 1. The molecule has 0 aromatic heterocycles. The van der Waals surface area contributed by atoms with Gasteiger partial charge in [-0.25, -0.2) is 13.1 Å². The van der Waals surface area contributed by atoms with Crippen molar-refractivity contribution >= 4 is 15.7 Å².